The Labute approximate surface area is 101 Å². The fraction of sp³-hybridized carbons (Fsp3) is 0.300. The monoisotopic (exact) mass is 253 g/mol. The minimum atomic E-state index is -0.371. The molecule has 0 aromatic carbocycles. The summed E-state index contributed by atoms with van der Waals surface area (Å²) in [6.45, 7) is 3.64. The first-order valence-corrected chi connectivity index (χ1v) is 5.94. The Kier molecular flexibility index (Phi) is 3.10. The highest BCUT2D eigenvalue weighted by Crippen LogP contribution is 2.20. The number of hydrogen-bond donors (Lipinski definition) is 2. The van der Waals surface area contributed by atoms with Crippen molar-refractivity contribution in [2.24, 2.45) is 0 Å². The summed E-state index contributed by atoms with van der Waals surface area (Å²) in [6.07, 6.45) is 0.660. The molecule has 0 aliphatic heterocycles. The molecule has 90 valence electrons. The van der Waals surface area contributed by atoms with Crippen LogP contribution in [0.3, 0.4) is 0 Å². The highest BCUT2D eigenvalue weighted by atomic mass is 32.1. The molecule has 0 aliphatic rings. The number of thiazole rings is 1. The Balaban J connectivity index is 2.23. The zero-order chi connectivity index (χ0) is 12.4. The number of hydrogen-bond acceptors (Lipinski definition) is 5. The lowest BCUT2D eigenvalue weighted by Gasteiger charge is -2.02. The summed E-state index contributed by atoms with van der Waals surface area (Å²) in [4.78, 5) is 24.9. The molecule has 0 atom stereocenters. The molecule has 0 bridgehead atoms. The predicted molar refractivity (Wildman–Crippen MR) is 63.5 cm³/mol. The Bertz CT molecular complexity index is 596. The number of amides is 1. The predicted octanol–water partition coefficient (Wildman–Crippen LogP) is 1.55. The lowest BCUT2D eigenvalue weighted by molar-refractivity contribution is 0.102. The van der Waals surface area contributed by atoms with Gasteiger partial charge in [0, 0.05) is 5.38 Å². The molecule has 0 spiro atoms. The molecule has 0 aliphatic carbocycles. The summed E-state index contributed by atoms with van der Waals surface area (Å²) in [5.41, 5.74) is 1.50. The fourth-order valence-corrected chi connectivity index (χ4v) is 1.95. The molecule has 17 heavy (non-hydrogen) atoms. The number of aromatic amines is 1. The molecule has 7 heteroatoms. The zero-order valence-electron chi connectivity index (χ0n) is 9.36. The van der Waals surface area contributed by atoms with Crippen molar-refractivity contribution >= 4 is 22.9 Å². The van der Waals surface area contributed by atoms with Crippen LogP contribution in [0.5, 0.6) is 0 Å². The van der Waals surface area contributed by atoms with E-state index in [2.05, 4.69) is 15.5 Å². The SMILES string of the molecule is CCc1noc(C)c1NC(=O)c1csc(=O)[nH]1. The third-order valence-electron chi connectivity index (χ3n) is 2.27. The van der Waals surface area contributed by atoms with E-state index in [1.54, 1.807) is 6.92 Å². The van der Waals surface area contributed by atoms with Crippen molar-refractivity contribution in [2.45, 2.75) is 20.3 Å². The second-order valence-electron chi connectivity index (χ2n) is 3.43. The van der Waals surface area contributed by atoms with E-state index in [4.69, 9.17) is 4.52 Å². The quantitative estimate of drug-likeness (QED) is 0.868. The van der Waals surface area contributed by atoms with Gasteiger partial charge in [-0.15, -0.1) is 0 Å². The molecule has 0 radical (unpaired) electrons. The molecule has 1 amide bonds. The molecular weight excluding hydrogens is 242 g/mol. The second-order valence-corrected chi connectivity index (χ2v) is 4.27. The Morgan fingerprint density at radius 3 is 3.00 bits per heavy atom. The van der Waals surface area contributed by atoms with Gasteiger partial charge in [0.05, 0.1) is 0 Å². The van der Waals surface area contributed by atoms with Crippen LogP contribution in [0.25, 0.3) is 0 Å². The van der Waals surface area contributed by atoms with E-state index in [9.17, 15) is 9.59 Å². The minimum Gasteiger partial charge on any atom is -0.359 e. The van der Waals surface area contributed by atoms with Crippen LogP contribution in [0.1, 0.15) is 28.9 Å². The maximum atomic E-state index is 11.8. The molecule has 0 fully saturated rings. The molecule has 0 saturated carbocycles. The van der Waals surface area contributed by atoms with Crippen LogP contribution in [0, 0.1) is 6.92 Å². The second kappa shape index (κ2) is 4.54. The average Bonchev–Trinajstić information content (AvgIpc) is 2.87. The Hall–Kier alpha value is -1.89. The van der Waals surface area contributed by atoms with Crippen molar-refractivity contribution in [2.75, 3.05) is 5.32 Å². The highest BCUT2D eigenvalue weighted by molar-refractivity contribution is 7.07. The summed E-state index contributed by atoms with van der Waals surface area (Å²) >= 11 is 0.948. The van der Waals surface area contributed by atoms with Crippen LogP contribution >= 0.6 is 11.3 Å². The number of nitrogens with zero attached hydrogens (tertiary/aromatic N) is 1. The summed E-state index contributed by atoms with van der Waals surface area (Å²) in [5, 5.41) is 7.99. The molecule has 2 N–H and O–H groups in total. The summed E-state index contributed by atoms with van der Waals surface area (Å²) < 4.78 is 4.99. The lowest BCUT2D eigenvalue weighted by atomic mass is 10.2. The van der Waals surface area contributed by atoms with E-state index in [0.717, 1.165) is 11.3 Å². The van der Waals surface area contributed by atoms with Crippen LogP contribution < -0.4 is 10.2 Å². The van der Waals surface area contributed by atoms with Crippen LogP contribution in [-0.2, 0) is 6.42 Å². The van der Waals surface area contributed by atoms with Gasteiger partial charge in [-0.3, -0.25) is 9.59 Å². The number of anilines is 1. The van der Waals surface area contributed by atoms with Crippen LogP contribution in [0.2, 0.25) is 0 Å². The minimum absolute atomic E-state index is 0.239. The van der Waals surface area contributed by atoms with Crippen molar-refractivity contribution in [3.05, 3.63) is 32.2 Å². The summed E-state index contributed by atoms with van der Waals surface area (Å²) in [7, 11) is 0. The molecule has 0 unspecified atom stereocenters. The normalized spacial score (nSPS) is 10.5. The van der Waals surface area contributed by atoms with Gasteiger partial charge in [-0.1, -0.05) is 23.4 Å². The van der Waals surface area contributed by atoms with Crippen LogP contribution in [0.15, 0.2) is 14.7 Å². The number of carbonyl (C=O) groups excluding carboxylic acids is 1. The van der Waals surface area contributed by atoms with Crippen molar-refractivity contribution < 1.29 is 9.32 Å². The van der Waals surface area contributed by atoms with Crippen molar-refractivity contribution in [1.29, 1.82) is 0 Å². The van der Waals surface area contributed by atoms with E-state index in [1.165, 1.54) is 5.38 Å². The number of carbonyl (C=O) groups is 1. The lowest BCUT2D eigenvalue weighted by Crippen LogP contribution is -2.15. The topological polar surface area (TPSA) is 88.0 Å². The van der Waals surface area contributed by atoms with Crippen molar-refractivity contribution in [3.63, 3.8) is 0 Å². The van der Waals surface area contributed by atoms with Crippen LogP contribution in [-0.4, -0.2) is 16.0 Å². The van der Waals surface area contributed by atoms with E-state index in [-0.39, 0.29) is 16.5 Å². The largest absolute Gasteiger partial charge is 0.359 e. The van der Waals surface area contributed by atoms with Gasteiger partial charge in [0.15, 0.2) is 5.76 Å². The Morgan fingerprint density at radius 2 is 2.41 bits per heavy atom. The number of aromatic nitrogens is 2. The maximum Gasteiger partial charge on any atom is 0.305 e. The molecule has 2 aromatic heterocycles. The van der Waals surface area contributed by atoms with E-state index in [1.807, 2.05) is 6.92 Å². The van der Waals surface area contributed by atoms with Gasteiger partial charge in [0.1, 0.15) is 17.1 Å². The van der Waals surface area contributed by atoms with E-state index in [0.29, 0.717) is 23.6 Å². The third kappa shape index (κ3) is 2.28. The number of rotatable bonds is 3. The van der Waals surface area contributed by atoms with E-state index < -0.39 is 0 Å². The van der Waals surface area contributed by atoms with Crippen LogP contribution in [0.4, 0.5) is 5.69 Å². The van der Waals surface area contributed by atoms with Gasteiger partial charge in [0.25, 0.3) is 5.91 Å². The van der Waals surface area contributed by atoms with Crippen molar-refractivity contribution in [1.82, 2.24) is 10.1 Å². The van der Waals surface area contributed by atoms with Gasteiger partial charge >= 0.3 is 4.87 Å². The average molecular weight is 253 g/mol. The van der Waals surface area contributed by atoms with Gasteiger partial charge in [-0.05, 0) is 13.3 Å². The molecule has 6 nitrogen and oxygen atoms in total. The van der Waals surface area contributed by atoms with E-state index >= 15 is 0 Å². The summed E-state index contributed by atoms with van der Waals surface area (Å²) in [6, 6.07) is 0. The molecule has 2 heterocycles. The van der Waals surface area contributed by atoms with Gasteiger partial charge < -0.3 is 14.8 Å². The van der Waals surface area contributed by atoms with Gasteiger partial charge in [0.2, 0.25) is 0 Å². The first-order chi connectivity index (χ1) is 8.11. The van der Waals surface area contributed by atoms with Gasteiger partial charge in [-0.25, -0.2) is 0 Å². The third-order valence-corrected chi connectivity index (χ3v) is 2.94. The molecule has 0 saturated heterocycles. The summed E-state index contributed by atoms with van der Waals surface area (Å²) in [5.74, 6) is 0.178. The number of aryl methyl sites for hydroxylation is 2. The number of nitrogens with one attached hydrogen (secondary N) is 2. The fourth-order valence-electron chi connectivity index (χ4n) is 1.39. The first kappa shape index (κ1) is 11.6. The van der Waals surface area contributed by atoms with Crippen molar-refractivity contribution in [3.8, 4) is 0 Å². The molecule has 2 aromatic rings. The molecular formula is C10H11N3O3S. The zero-order valence-corrected chi connectivity index (χ0v) is 10.2. The van der Waals surface area contributed by atoms with Gasteiger partial charge in [-0.2, -0.15) is 0 Å². The standard InChI is InChI=1S/C10H11N3O3S/c1-3-6-8(5(2)16-13-6)12-9(14)7-4-17-10(15)11-7/h4H,3H2,1-2H3,(H,11,15)(H,12,14). The highest BCUT2D eigenvalue weighted by Gasteiger charge is 2.16. The first-order valence-electron chi connectivity index (χ1n) is 5.06. The number of H-pyrrole nitrogens is 1. The maximum absolute atomic E-state index is 11.8. The Morgan fingerprint density at radius 1 is 1.65 bits per heavy atom. The molecule has 2 rings (SSSR count). The smallest absolute Gasteiger partial charge is 0.305 e.